The maximum atomic E-state index is 11.4. The summed E-state index contributed by atoms with van der Waals surface area (Å²) in [6, 6.07) is 0. The van der Waals surface area contributed by atoms with E-state index in [2.05, 4.69) is 10.2 Å². The van der Waals surface area contributed by atoms with Crippen molar-refractivity contribution in [1.82, 2.24) is 10.2 Å². The van der Waals surface area contributed by atoms with E-state index in [4.69, 9.17) is 14.2 Å². The standard InChI is InChI=1S/C17H34N2O4/c1-17(2,3)23-16(20)15-22-13-6-4-5-12-21-14-11-19-9-7-18-8-10-19/h18H,4-15H2,1-3H3. The maximum absolute atomic E-state index is 11.4. The number of piperazine rings is 1. The molecule has 1 fully saturated rings. The minimum absolute atomic E-state index is 0.0401. The molecule has 0 atom stereocenters. The molecular formula is C17H34N2O4. The van der Waals surface area contributed by atoms with Crippen molar-refractivity contribution in [1.29, 1.82) is 0 Å². The van der Waals surface area contributed by atoms with Crippen LogP contribution in [0, 0.1) is 0 Å². The van der Waals surface area contributed by atoms with Crippen molar-refractivity contribution < 1.29 is 19.0 Å². The van der Waals surface area contributed by atoms with Crippen LogP contribution in [-0.4, -0.2) is 75.6 Å². The van der Waals surface area contributed by atoms with E-state index in [1.54, 1.807) is 0 Å². The number of rotatable bonds is 11. The minimum atomic E-state index is -0.442. The van der Waals surface area contributed by atoms with Gasteiger partial charge in [-0.05, 0) is 40.0 Å². The summed E-state index contributed by atoms with van der Waals surface area (Å²) in [5, 5.41) is 3.34. The van der Waals surface area contributed by atoms with Gasteiger partial charge in [0.1, 0.15) is 12.2 Å². The number of ether oxygens (including phenoxy) is 3. The summed E-state index contributed by atoms with van der Waals surface area (Å²) in [6.45, 7) is 13.3. The van der Waals surface area contributed by atoms with E-state index in [0.29, 0.717) is 6.61 Å². The number of hydrogen-bond donors (Lipinski definition) is 1. The highest BCUT2D eigenvalue weighted by Crippen LogP contribution is 2.07. The van der Waals surface area contributed by atoms with Gasteiger partial charge in [-0.2, -0.15) is 0 Å². The van der Waals surface area contributed by atoms with Gasteiger partial charge >= 0.3 is 5.97 Å². The summed E-state index contributed by atoms with van der Waals surface area (Å²) >= 11 is 0. The van der Waals surface area contributed by atoms with Crippen LogP contribution in [0.1, 0.15) is 40.0 Å². The van der Waals surface area contributed by atoms with Crippen LogP contribution in [-0.2, 0) is 19.0 Å². The lowest BCUT2D eigenvalue weighted by Gasteiger charge is -2.26. The topological polar surface area (TPSA) is 60.0 Å². The van der Waals surface area contributed by atoms with Gasteiger partial charge in [-0.25, -0.2) is 4.79 Å². The average Bonchev–Trinajstić information content (AvgIpc) is 2.48. The van der Waals surface area contributed by atoms with Gasteiger partial charge in [-0.3, -0.25) is 4.90 Å². The van der Waals surface area contributed by atoms with Crippen molar-refractivity contribution in [2.75, 3.05) is 59.2 Å². The van der Waals surface area contributed by atoms with E-state index in [0.717, 1.165) is 65.2 Å². The zero-order valence-electron chi connectivity index (χ0n) is 15.1. The quantitative estimate of drug-likeness (QED) is 0.457. The third-order valence-electron chi connectivity index (χ3n) is 3.48. The normalized spacial score (nSPS) is 16.5. The number of carbonyl (C=O) groups is 1. The molecule has 0 saturated carbocycles. The molecule has 0 amide bonds. The van der Waals surface area contributed by atoms with Gasteiger partial charge in [0, 0.05) is 45.9 Å². The second-order valence-electron chi connectivity index (χ2n) is 6.90. The van der Waals surface area contributed by atoms with E-state index in [1.807, 2.05) is 20.8 Å². The average molecular weight is 330 g/mol. The maximum Gasteiger partial charge on any atom is 0.332 e. The molecule has 136 valence electrons. The number of nitrogens with zero attached hydrogens (tertiary/aromatic N) is 1. The zero-order chi connectivity index (χ0) is 17.0. The lowest BCUT2D eigenvalue weighted by Crippen LogP contribution is -2.44. The van der Waals surface area contributed by atoms with Gasteiger partial charge in [0.15, 0.2) is 0 Å². The van der Waals surface area contributed by atoms with Gasteiger partial charge in [0.2, 0.25) is 0 Å². The van der Waals surface area contributed by atoms with Gasteiger partial charge in [-0.15, -0.1) is 0 Å². The predicted molar refractivity (Wildman–Crippen MR) is 90.6 cm³/mol. The Morgan fingerprint density at radius 1 is 1.00 bits per heavy atom. The molecule has 1 rings (SSSR count). The first-order valence-corrected chi connectivity index (χ1v) is 8.78. The summed E-state index contributed by atoms with van der Waals surface area (Å²) in [5.41, 5.74) is -0.442. The van der Waals surface area contributed by atoms with Crippen molar-refractivity contribution in [2.24, 2.45) is 0 Å². The smallest absolute Gasteiger partial charge is 0.332 e. The van der Waals surface area contributed by atoms with Crippen LogP contribution in [0.25, 0.3) is 0 Å². The van der Waals surface area contributed by atoms with Crippen LogP contribution < -0.4 is 5.32 Å². The number of unbranched alkanes of at least 4 members (excludes halogenated alkanes) is 2. The Balaban J connectivity index is 1.80. The molecule has 0 radical (unpaired) electrons. The molecule has 1 heterocycles. The zero-order valence-corrected chi connectivity index (χ0v) is 15.1. The second-order valence-corrected chi connectivity index (χ2v) is 6.90. The van der Waals surface area contributed by atoms with E-state index in [9.17, 15) is 4.79 Å². The third-order valence-corrected chi connectivity index (χ3v) is 3.48. The molecule has 0 aromatic heterocycles. The molecule has 0 bridgehead atoms. The Bertz CT molecular complexity index is 312. The van der Waals surface area contributed by atoms with Crippen LogP contribution in [0.5, 0.6) is 0 Å². The molecule has 1 aliphatic rings. The molecule has 0 aliphatic carbocycles. The molecule has 0 unspecified atom stereocenters. The van der Waals surface area contributed by atoms with Gasteiger partial charge in [0.05, 0.1) is 6.61 Å². The van der Waals surface area contributed by atoms with E-state index < -0.39 is 5.60 Å². The number of hydrogen-bond acceptors (Lipinski definition) is 6. The van der Waals surface area contributed by atoms with Gasteiger partial charge in [-0.1, -0.05) is 0 Å². The first-order valence-electron chi connectivity index (χ1n) is 8.78. The fourth-order valence-electron chi connectivity index (χ4n) is 2.34. The summed E-state index contributed by atoms with van der Waals surface area (Å²) in [7, 11) is 0. The number of carbonyl (C=O) groups excluding carboxylic acids is 1. The molecule has 0 spiro atoms. The summed E-state index contributed by atoms with van der Waals surface area (Å²) in [6.07, 6.45) is 3.04. The molecule has 0 aromatic carbocycles. The lowest BCUT2D eigenvalue weighted by atomic mass is 10.2. The van der Waals surface area contributed by atoms with Crippen molar-refractivity contribution in [3.8, 4) is 0 Å². The Morgan fingerprint density at radius 2 is 1.65 bits per heavy atom. The highest BCUT2D eigenvalue weighted by Gasteiger charge is 2.15. The molecule has 23 heavy (non-hydrogen) atoms. The van der Waals surface area contributed by atoms with Crippen LogP contribution in [0.2, 0.25) is 0 Å². The van der Waals surface area contributed by atoms with Crippen LogP contribution >= 0.6 is 0 Å². The van der Waals surface area contributed by atoms with E-state index in [-0.39, 0.29) is 12.6 Å². The first kappa shape index (κ1) is 20.4. The Kier molecular flexibility index (Phi) is 10.4. The Hall–Kier alpha value is -0.690. The van der Waals surface area contributed by atoms with Crippen LogP contribution in [0.3, 0.4) is 0 Å². The minimum Gasteiger partial charge on any atom is -0.458 e. The molecule has 6 nitrogen and oxygen atoms in total. The summed E-state index contributed by atoms with van der Waals surface area (Å²) in [4.78, 5) is 13.9. The summed E-state index contributed by atoms with van der Waals surface area (Å²) < 4.78 is 16.1. The van der Waals surface area contributed by atoms with Gasteiger partial charge in [0.25, 0.3) is 0 Å². The molecule has 6 heteroatoms. The second kappa shape index (κ2) is 11.8. The Morgan fingerprint density at radius 3 is 2.30 bits per heavy atom. The highest BCUT2D eigenvalue weighted by molar-refractivity contribution is 5.71. The summed E-state index contributed by atoms with van der Waals surface area (Å²) in [5.74, 6) is -0.297. The molecule has 1 aliphatic heterocycles. The van der Waals surface area contributed by atoms with Crippen LogP contribution in [0.15, 0.2) is 0 Å². The van der Waals surface area contributed by atoms with Crippen molar-refractivity contribution in [2.45, 2.75) is 45.6 Å². The monoisotopic (exact) mass is 330 g/mol. The number of nitrogens with one attached hydrogen (secondary N) is 1. The van der Waals surface area contributed by atoms with Crippen molar-refractivity contribution in [3.05, 3.63) is 0 Å². The first-order chi connectivity index (χ1) is 11.0. The highest BCUT2D eigenvalue weighted by atomic mass is 16.6. The van der Waals surface area contributed by atoms with E-state index in [1.165, 1.54) is 0 Å². The fourth-order valence-corrected chi connectivity index (χ4v) is 2.34. The predicted octanol–water partition coefficient (Wildman–Crippen LogP) is 1.44. The van der Waals surface area contributed by atoms with Crippen molar-refractivity contribution in [3.63, 3.8) is 0 Å². The fraction of sp³-hybridized carbons (Fsp3) is 0.941. The van der Waals surface area contributed by atoms with Crippen molar-refractivity contribution >= 4 is 5.97 Å². The third kappa shape index (κ3) is 12.4. The largest absolute Gasteiger partial charge is 0.458 e. The Labute approximate surface area is 140 Å². The molecular weight excluding hydrogens is 296 g/mol. The van der Waals surface area contributed by atoms with Gasteiger partial charge < -0.3 is 19.5 Å². The lowest BCUT2D eigenvalue weighted by molar-refractivity contribution is -0.160. The number of esters is 1. The molecule has 0 aromatic rings. The SMILES string of the molecule is CC(C)(C)OC(=O)COCCCCCOCCN1CCNCC1. The van der Waals surface area contributed by atoms with E-state index >= 15 is 0 Å². The molecule has 1 N–H and O–H groups in total. The molecule has 1 saturated heterocycles. The van der Waals surface area contributed by atoms with Crippen LogP contribution in [0.4, 0.5) is 0 Å².